The second kappa shape index (κ2) is 5.96. The maximum absolute atomic E-state index is 12.1. The number of imidazole rings is 1. The first-order valence-electron chi connectivity index (χ1n) is 6.56. The van der Waals surface area contributed by atoms with Gasteiger partial charge in [-0.3, -0.25) is 4.79 Å². The number of ketones is 1. The zero-order valence-corrected chi connectivity index (χ0v) is 10.5. The molecule has 1 unspecified atom stereocenters. The Morgan fingerprint density at radius 1 is 1.65 bits per heavy atom. The van der Waals surface area contributed by atoms with Gasteiger partial charge in [0.1, 0.15) is 0 Å². The highest BCUT2D eigenvalue weighted by Gasteiger charge is 2.18. The predicted octanol–water partition coefficient (Wildman–Crippen LogP) is 1.87. The summed E-state index contributed by atoms with van der Waals surface area (Å²) in [6.45, 7) is 5.16. The molecule has 1 N–H and O–H groups in total. The van der Waals surface area contributed by atoms with Gasteiger partial charge in [0.05, 0.1) is 0 Å². The van der Waals surface area contributed by atoms with Gasteiger partial charge in [-0.2, -0.15) is 0 Å². The Morgan fingerprint density at radius 2 is 2.53 bits per heavy atom. The van der Waals surface area contributed by atoms with Crippen LogP contribution in [0.3, 0.4) is 0 Å². The van der Waals surface area contributed by atoms with E-state index in [9.17, 15) is 4.79 Å². The number of aromatic nitrogens is 2. The molecule has 0 saturated carbocycles. The largest absolute Gasteiger partial charge is 0.329 e. The summed E-state index contributed by atoms with van der Waals surface area (Å²) < 4.78 is 1.97. The van der Waals surface area contributed by atoms with Crippen LogP contribution >= 0.6 is 0 Å². The highest BCUT2D eigenvalue weighted by molar-refractivity contribution is 5.92. The molecule has 1 atom stereocenters. The third-order valence-electron chi connectivity index (χ3n) is 3.37. The molecular formula is C13H21N3O. The summed E-state index contributed by atoms with van der Waals surface area (Å²) >= 11 is 0. The van der Waals surface area contributed by atoms with Gasteiger partial charge in [0.25, 0.3) is 0 Å². The average Bonchev–Trinajstić information content (AvgIpc) is 2.97. The molecule has 4 nitrogen and oxygen atoms in total. The topological polar surface area (TPSA) is 46.9 Å². The number of Topliss-reactive ketones (excluding diaryl/α,β-unsaturated/α-hetero) is 1. The first kappa shape index (κ1) is 12.3. The van der Waals surface area contributed by atoms with Gasteiger partial charge in [-0.25, -0.2) is 4.98 Å². The van der Waals surface area contributed by atoms with E-state index in [4.69, 9.17) is 0 Å². The van der Waals surface area contributed by atoms with Crippen molar-refractivity contribution < 1.29 is 4.79 Å². The van der Waals surface area contributed by atoms with Crippen molar-refractivity contribution in [1.29, 1.82) is 0 Å². The van der Waals surface area contributed by atoms with Crippen molar-refractivity contribution in [1.82, 2.24) is 14.9 Å². The fraction of sp³-hybridized carbons (Fsp3) is 0.692. The number of carbonyl (C=O) groups excluding carboxylic acids is 1. The molecule has 0 spiro atoms. The van der Waals surface area contributed by atoms with Crippen molar-refractivity contribution in [3.8, 4) is 0 Å². The summed E-state index contributed by atoms with van der Waals surface area (Å²) in [7, 11) is 0. The second-order valence-electron chi connectivity index (χ2n) is 4.76. The Labute approximate surface area is 102 Å². The van der Waals surface area contributed by atoms with Crippen LogP contribution in [0.2, 0.25) is 0 Å². The van der Waals surface area contributed by atoms with E-state index in [0.29, 0.717) is 18.2 Å². The summed E-state index contributed by atoms with van der Waals surface area (Å²) in [6, 6.07) is 0. The Bertz CT molecular complexity index is 366. The van der Waals surface area contributed by atoms with E-state index >= 15 is 0 Å². The van der Waals surface area contributed by atoms with Crippen molar-refractivity contribution >= 4 is 5.78 Å². The van der Waals surface area contributed by atoms with Gasteiger partial charge in [0, 0.05) is 25.4 Å². The van der Waals surface area contributed by atoms with Crippen molar-refractivity contribution in [3.05, 3.63) is 18.2 Å². The Hall–Kier alpha value is -1.16. The minimum atomic E-state index is 0.190. The predicted molar refractivity (Wildman–Crippen MR) is 67.1 cm³/mol. The van der Waals surface area contributed by atoms with Crippen LogP contribution in [0.4, 0.5) is 0 Å². The van der Waals surface area contributed by atoms with Gasteiger partial charge in [-0.15, -0.1) is 0 Å². The number of hydrogen-bond donors (Lipinski definition) is 1. The highest BCUT2D eigenvalue weighted by atomic mass is 16.1. The minimum absolute atomic E-state index is 0.190. The lowest BCUT2D eigenvalue weighted by Gasteiger charge is -2.08. The van der Waals surface area contributed by atoms with E-state index in [1.165, 1.54) is 6.42 Å². The molecule has 4 heteroatoms. The maximum Gasteiger partial charge on any atom is 0.198 e. The van der Waals surface area contributed by atoms with Gasteiger partial charge in [-0.05, 0) is 38.3 Å². The Morgan fingerprint density at radius 3 is 3.24 bits per heavy atom. The van der Waals surface area contributed by atoms with Crippen LogP contribution in [0.15, 0.2) is 12.4 Å². The second-order valence-corrected chi connectivity index (χ2v) is 4.76. The molecule has 0 radical (unpaired) electrons. The van der Waals surface area contributed by atoms with Crippen LogP contribution in [0.1, 0.15) is 43.2 Å². The molecule has 0 amide bonds. The van der Waals surface area contributed by atoms with E-state index in [0.717, 1.165) is 32.5 Å². The maximum atomic E-state index is 12.1. The van der Waals surface area contributed by atoms with Gasteiger partial charge in [-0.1, -0.05) is 6.92 Å². The molecule has 2 rings (SSSR count). The van der Waals surface area contributed by atoms with E-state index in [-0.39, 0.29) is 5.78 Å². The molecule has 1 aliphatic rings. The third kappa shape index (κ3) is 3.16. The zero-order valence-electron chi connectivity index (χ0n) is 10.5. The molecular weight excluding hydrogens is 214 g/mol. The summed E-state index contributed by atoms with van der Waals surface area (Å²) in [6.07, 6.45) is 7.48. The molecule has 1 aromatic rings. The summed E-state index contributed by atoms with van der Waals surface area (Å²) in [5.41, 5.74) is 0. The third-order valence-corrected chi connectivity index (χ3v) is 3.37. The highest BCUT2D eigenvalue weighted by Crippen LogP contribution is 2.16. The molecule has 0 bridgehead atoms. The van der Waals surface area contributed by atoms with E-state index in [1.807, 2.05) is 10.8 Å². The number of hydrogen-bond acceptors (Lipinski definition) is 3. The molecule has 1 fully saturated rings. The Kier molecular flexibility index (Phi) is 4.31. The molecule has 17 heavy (non-hydrogen) atoms. The van der Waals surface area contributed by atoms with Crippen LogP contribution in [0.5, 0.6) is 0 Å². The molecule has 0 aromatic carbocycles. The normalized spacial score (nSPS) is 19.7. The Balaban J connectivity index is 1.87. The van der Waals surface area contributed by atoms with Crippen LogP contribution in [0.25, 0.3) is 0 Å². The zero-order chi connectivity index (χ0) is 12.1. The lowest BCUT2D eigenvalue weighted by molar-refractivity contribution is 0.0960. The molecule has 1 aliphatic heterocycles. The van der Waals surface area contributed by atoms with Gasteiger partial charge >= 0.3 is 0 Å². The molecule has 1 aromatic heterocycles. The van der Waals surface area contributed by atoms with Crippen LogP contribution < -0.4 is 5.32 Å². The lowest BCUT2D eigenvalue weighted by atomic mass is 10.0. The van der Waals surface area contributed by atoms with Crippen molar-refractivity contribution in [2.75, 3.05) is 13.1 Å². The number of aryl methyl sites for hydroxylation is 1. The monoisotopic (exact) mass is 235 g/mol. The van der Waals surface area contributed by atoms with Gasteiger partial charge in [0.2, 0.25) is 0 Å². The number of carbonyl (C=O) groups is 1. The smallest absolute Gasteiger partial charge is 0.198 e. The minimum Gasteiger partial charge on any atom is -0.329 e. The van der Waals surface area contributed by atoms with Gasteiger partial charge < -0.3 is 9.88 Å². The van der Waals surface area contributed by atoms with Crippen molar-refractivity contribution in [3.63, 3.8) is 0 Å². The summed E-state index contributed by atoms with van der Waals surface area (Å²) in [4.78, 5) is 16.2. The number of nitrogens with zero attached hydrogens (tertiary/aromatic N) is 2. The summed E-state index contributed by atoms with van der Waals surface area (Å²) in [5.74, 6) is 1.50. The first-order chi connectivity index (χ1) is 8.31. The van der Waals surface area contributed by atoms with Crippen LogP contribution in [-0.4, -0.2) is 28.4 Å². The number of nitrogens with one attached hydrogen (secondary N) is 1. The van der Waals surface area contributed by atoms with Crippen molar-refractivity contribution in [2.24, 2.45) is 5.92 Å². The van der Waals surface area contributed by atoms with Gasteiger partial charge in [0.15, 0.2) is 11.6 Å². The van der Waals surface area contributed by atoms with Crippen molar-refractivity contribution in [2.45, 2.75) is 39.2 Å². The molecule has 1 saturated heterocycles. The average molecular weight is 235 g/mol. The standard InChI is InChI=1S/C13H21N3O/c1-2-8-16-9-7-15-13(16)12(17)4-3-11-5-6-14-10-11/h7,9,11,14H,2-6,8,10H2,1H3. The van der Waals surface area contributed by atoms with E-state index in [2.05, 4.69) is 17.2 Å². The fourth-order valence-corrected chi connectivity index (χ4v) is 2.39. The quantitative estimate of drug-likeness (QED) is 0.766. The van der Waals surface area contributed by atoms with Crippen LogP contribution in [-0.2, 0) is 6.54 Å². The molecule has 0 aliphatic carbocycles. The van der Waals surface area contributed by atoms with E-state index < -0.39 is 0 Å². The first-order valence-corrected chi connectivity index (χ1v) is 6.56. The summed E-state index contributed by atoms with van der Waals surface area (Å²) in [5, 5.41) is 3.33. The molecule has 2 heterocycles. The number of rotatable bonds is 6. The fourth-order valence-electron chi connectivity index (χ4n) is 2.39. The molecule has 94 valence electrons. The SMILES string of the molecule is CCCn1ccnc1C(=O)CCC1CCNC1. The van der Waals surface area contributed by atoms with Crippen LogP contribution in [0, 0.1) is 5.92 Å². The van der Waals surface area contributed by atoms with E-state index in [1.54, 1.807) is 6.20 Å². The lowest BCUT2D eigenvalue weighted by Crippen LogP contribution is -2.13.